The van der Waals surface area contributed by atoms with E-state index in [1.165, 1.54) is 29.5 Å². The van der Waals surface area contributed by atoms with Crippen molar-refractivity contribution in [2.45, 2.75) is 12.5 Å². The van der Waals surface area contributed by atoms with Crippen molar-refractivity contribution in [3.8, 4) is 0 Å². The normalized spacial score (nSPS) is 12.4. The zero-order valence-electron chi connectivity index (χ0n) is 9.40. The molecule has 2 aromatic rings. The molecule has 1 heterocycles. The maximum atomic E-state index is 13.5. The van der Waals surface area contributed by atoms with E-state index >= 15 is 0 Å². The van der Waals surface area contributed by atoms with Gasteiger partial charge in [-0.25, -0.2) is 4.39 Å². The number of carbonyl (C=O) groups excluding carboxylic acids is 1. The first-order valence-electron chi connectivity index (χ1n) is 5.33. The molecular formula is C13H11ClFNOS. The summed E-state index contributed by atoms with van der Waals surface area (Å²) in [5, 5.41) is 2.26. The van der Waals surface area contributed by atoms with Gasteiger partial charge in [-0.1, -0.05) is 17.7 Å². The molecule has 2 nitrogen and oxygen atoms in total. The third kappa shape index (κ3) is 2.96. The minimum absolute atomic E-state index is 0.0501. The molecule has 1 unspecified atom stereocenters. The van der Waals surface area contributed by atoms with Crippen molar-refractivity contribution in [1.29, 1.82) is 0 Å². The lowest BCUT2D eigenvalue weighted by Crippen LogP contribution is -2.22. The van der Waals surface area contributed by atoms with E-state index in [2.05, 4.69) is 0 Å². The molecule has 1 aromatic heterocycles. The first-order valence-corrected chi connectivity index (χ1v) is 6.59. The highest BCUT2D eigenvalue weighted by Crippen LogP contribution is 2.21. The molecule has 0 aliphatic rings. The second kappa shape index (κ2) is 5.61. The second-order valence-electron chi connectivity index (χ2n) is 3.87. The lowest BCUT2D eigenvalue weighted by atomic mass is 10.0. The summed E-state index contributed by atoms with van der Waals surface area (Å²) in [6, 6.07) is 7.07. The van der Waals surface area contributed by atoms with E-state index in [0.717, 1.165) is 4.88 Å². The Morgan fingerprint density at radius 2 is 2.22 bits per heavy atom. The van der Waals surface area contributed by atoms with Crippen LogP contribution in [0.1, 0.15) is 16.5 Å². The molecule has 0 saturated heterocycles. The number of nitrogens with two attached hydrogens (primary N) is 1. The summed E-state index contributed by atoms with van der Waals surface area (Å²) in [6.45, 7) is 0. The molecule has 0 spiro atoms. The zero-order chi connectivity index (χ0) is 13.1. The molecule has 1 aromatic carbocycles. The monoisotopic (exact) mass is 283 g/mol. The number of carbonyl (C=O) groups is 1. The first-order chi connectivity index (χ1) is 8.58. The lowest BCUT2D eigenvalue weighted by Gasteiger charge is -2.09. The van der Waals surface area contributed by atoms with Crippen molar-refractivity contribution in [3.63, 3.8) is 0 Å². The van der Waals surface area contributed by atoms with Crippen LogP contribution < -0.4 is 5.73 Å². The van der Waals surface area contributed by atoms with Gasteiger partial charge >= 0.3 is 0 Å². The number of halogens is 2. The molecule has 0 bridgehead atoms. The molecule has 1 atom stereocenters. The van der Waals surface area contributed by atoms with E-state index < -0.39 is 11.9 Å². The molecule has 0 amide bonds. The molecular weight excluding hydrogens is 273 g/mol. The van der Waals surface area contributed by atoms with Gasteiger partial charge in [0.2, 0.25) is 0 Å². The van der Waals surface area contributed by atoms with Crippen LogP contribution in [0.5, 0.6) is 0 Å². The fourth-order valence-corrected chi connectivity index (χ4v) is 2.55. The summed E-state index contributed by atoms with van der Waals surface area (Å²) < 4.78 is 13.5. The van der Waals surface area contributed by atoms with Crippen LogP contribution in [0.2, 0.25) is 5.02 Å². The minimum atomic E-state index is -0.705. The minimum Gasteiger partial charge on any atom is -0.317 e. The molecule has 0 aliphatic carbocycles. The van der Waals surface area contributed by atoms with Crippen molar-refractivity contribution in [3.05, 3.63) is 57.0 Å². The van der Waals surface area contributed by atoms with Gasteiger partial charge in [-0.3, -0.25) is 4.79 Å². The molecule has 94 valence electrons. The Morgan fingerprint density at radius 1 is 1.44 bits per heavy atom. The quantitative estimate of drug-likeness (QED) is 0.935. The van der Waals surface area contributed by atoms with Crippen LogP contribution in [-0.2, 0) is 11.2 Å². The predicted molar refractivity (Wildman–Crippen MR) is 71.4 cm³/mol. The van der Waals surface area contributed by atoms with Crippen LogP contribution in [0, 0.1) is 5.82 Å². The van der Waals surface area contributed by atoms with E-state index in [1.54, 1.807) is 6.07 Å². The second-order valence-corrected chi connectivity index (χ2v) is 5.29. The standard InChI is InChI=1S/C13H11ClFNOS/c14-9-3-4-10(15)8(6-9)7-11(17)13(16)12-2-1-5-18-12/h1-6,13H,7,16H2. The number of Topliss-reactive ketones (excluding diaryl/α,β-unsaturated/α-hetero) is 1. The van der Waals surface area contributed by atoms with E-state index in [9.17, 15) is 9.18 Å². The molecule has 0 fully saturated rings. The topological polar surface area (TPSA) is 43.1 Å². The van der Waals surface area contributed by atoms with Crippen molar-refractivity contribution in [1.82, 2.24) is 0 Å². The zero-order valence-corrected chi connectivity index (χ0v) is 11.0. The smallest absolute Gasteiger partial charge is 0.159 e. The van der Waals surface area contributed by atoms with Crippen LogP contribution in [0.25, 0.3) is 0 Å². The van der Waals surface area contributed by atoms with Crippen LogP contribution in [0.4, 0.5) is 4.39 Å². The third-order valence-corrected chi connectivity index (χ3v) is 3.76. The first kappa shape index (κ1) is 13.2. The SMILES string of the molecule is NC(C(=O)Cc1cc(Cl)ccc1F)c1cccs1. The number of thiophene rings is 1. The van der Waals surface area contributed by atoms with Crippen LogP contribution >= 0.6 is 22.9 Å². The molecule has 2 N–H and O–H groups in total. The van der Waals surface area contributed by atoms with Gasteiger partial charge in [0.05, 0.1) is 6.04 Å². The number of benzene rings is 1. The predicted octanol–water partition coefficient (Wildman–Crippen LogP) is 3.35. The number of ketones is 1. The Kier molecular flexibility index (Phi) is 4.11. The van der Waals surface area contributed by atoms with Gasteiger partial charge in [-0.2, -0.15) is 0 Å². The maximum Gasteiger partial charge on any atom is 0.159 e. The Balaban J connectivity index is 2.14. The van der Waals surface area contributed by atoms with Gasteiger partial charge in [0.25, 0.3) is 0 Å². The largest absolute Gasteiger partial charge is 0.317 e. The maximum absolute atomic E-state index is 13.5. The molecule has 0 aliphatic heterocycles. The summed E-state index contributed by atoms with van der Waals surface area (Å²) in [4.78, 5) is 12.7. The van der Waals surface area contributed by atoms with Crippen molar-refractivity contribution in [2.75, 3.05) is 0 Å². The van der Waals surface area contributed by atoms with Gasteiger partial charge in [0.1, 0.15) is 5.82 Å². The highest BCUT2D eigenvalue weighted by atomic mass is 35.5. The molecule has 5 heteroatoms. The molecule has 0 radical (unpaired) electrons. The Bertz CT molecular complexity index is 556. The fraction of sp³-hybridized carbons (Fsp3) is 0.154. The summed E-state index contributed by atoms with van der Waals surface area (Å²) in [5.74, 6) is -0.662. The molecule has 0 saturated carbocycles. The van der Waals surface area contributed by atoms with Crippen LogP contribution in [0.15, 0.2) is 35.7 Å². The van der Waals surface area contributed by atoms with Gasteiger partial charge in [-0.05, 0) is 35.2 Å². The highest BCUT2D eigenvalue weighted by molar-refractivity contribution is 7.10. The highest BCUT2D eigenvalue weighted by Gasteiger charge is 2.18. The summed E-state index contributed by atoms with van der Waals surface area (Å²) >= 11 is 7.18. The number of hydrogen-bond donors (Lipinski definition) is 1. The molecule has 18 heavy (non-hydrogen) atoms. The Labute approximate surface area is 113 Å². The Morgan fingerprint density at radius 3 is 2.89 bits per heavy atom. The van der Waals surface area contributed by atoms with Crippen molar-refractivity contribution in [2.24, 2.45) is 5.73 Å². The van der Waals surface area contributed by atoms with Crippen molar-refractivity contribution >= 4 is 28.7 Å². The van der Waals surface area contributed by atoms with E-state index in [-0.39, 0.29) is 17.8 Å². The van der Waals surface area contributed by atoms with Gasteiger partial charge < -0.3 is 5.73 Å². The van der Waals surface area contributed by atoms with E-state index in [4.69, 9.17) is 17.3 Å². The van der Waals surface area contributed by atoms with E-state index in [1.807, 2.05) is 11.4 Å². The van der Waals surface area contributed by atoms with Crippen molar-refractivity contribution < 1.29 is 9.18 Å². The lowest BCUT2D eigenvalue weighted by molar-refractivity contribution is -0.119. The third-order valence-electron chi connectivity index (χ3n) is 2.57. The average molecular weight is 284 g/mol. The fourth-order valence-electron chi connectivity index (χ4n) is 1.60. The van der Waals surface area contributed by atoms with E-state index in [0.29, 0.717) is 5.02 Å². The van der Waals surface area contributed by atoms with Gasteiger partial charge in [-0.15, -0.1) is 11.3 Å². The summed E-state index contributed by atoms with van der Waals surface area (Å²) in [6.07, 6.45) is -0.0501. The van der Waals surface area contributed by atoms with Crippen LogP contribution in [-0.4, -0.2) is 5.78 Å². The average Bonchev–Trinajstić information content (AvgIpc) is 2.86. The van der Waals surface area contributed by atoms with Gasteiger partial charge in [0, 0.05) is 16.3 Å². The number of hydrogen-bond acceptors (Lipinski definition) is 3. The molecule has 2 rings (SSSR count). The summed E-state index contributed by atoms with van der Waals surface area (Å²) in [7, 11) is 0. The van der Waals surface area contributed by atoms with Gasteiger partial charge in [0.15, 0.2) is 5.78 Å². The van der Waals surface area contributed by atoms with Crippen LogP contribution in [0.3, 0.4) is 0 Å². The Hall–Kier alpha value is -1.23. The summed E-state index contributed by atoms with van der Waals surface area (Å²) in [5.41, 5.74) is 6.10. The number of rotatable bonds is 4.